The van der Waals surface area contributed by atoms with Crippen LogP contribution in [0.5, 0.6) is 0 Å². The Morgan fingerprint density at radius 2 is 1.89 bits per heavy atom. The number of nitrogens with zero attached hydrogens (tertiary/aromatic N) is 4. The van der Waals surface area contributed by atoms with E-state index in [1.165, 1.54) is 0 Å². The van der Waals surface area contributed by atoms with E-state index in [-0.39, 0.29) is 58.5 Å². The Bertz CT molecular complexity index is 797. The third-order valence-corrected chi connectivity index (χ3v) is 7.44. The Balaban J connectivity index is 1.66. The van der Waals surface area contributed by atoms with Crippen LogP contribution < -0.4 is 9.80 Å². The molecule has 2 N–H and O–H groups in total. The van der Waals surface area contributed by atoms with Gasteiger partial charge in [0.05, 0.1) is 6.54 Å². The van der Waals surface area contributed by atoms with E-state index < -0.39 is 23.9 Å². The van der Waals surface area contributed by atoms with E-state index >= 15 is 0 Å². The SMILES string of the molecule is CCc1c(N2C[C@@H]3C(CC(=O)O)[C@@H]3C2)nc(N2C[C@@H](O)[C@@H]2I)nc1C(F)(F)F. The van der Waals surface area contributed by atoms with Crippen molar-refractivity contribution in [3.05, 3.63) is 11.3 Å². The van der Waals surface area contributed by atoms with Crippen molar-refractivity contribution in [3.63, 3.8) is 0 Å². The lowest BCUT2D eigenvalue weighted by Crippen LogP contribution is -2.57. The van der Waals surface area contributed by atoms with E-state index in [0.29, 0.717) is 13.1 Å². The second-order valence-electron chi connectivity index (χ2n) is 7.61. The van der Waals surface area contributed by atoms with E-state index in [0.717, 1.165) is 0 Å². The van der Waals surface area contributed by atoms with Crippen LogP contribution in [0.15, 0.2) is 0 Å². The molecule has 0 spiro atoms. The molecule has 11 heteroatoms. The molecule has 7 nitrogen and oxygen atoms in total. The van der Waals surface area contributed by atoms with Gasteiger partial charge < -0.3 is 20.0 Å². The summed E-state index contributed by atoms with van der Waals surface area (Å²) >= 11 is 1.96. The van der Waals surface area contributed by atoms with E-state index in [2.05, 4.69) is 9.97 Å². The number of anilines is 2. The number of aromatic nitrogens is 2. The molecule has 0 radical (unpaired) electrons. The van der Waals surface area contributed by atoms with Gasteiger partial charge in [-0.15, -0.1) is 0 Å². The lowest BCUT2D eigenvalue weighted by Gasteiger charge is -2.42. The number of aliphatic carboxylic acids is 1. The average Bonchev–Trinajstić information content (AvgIpc) is 3.05. The average molecular weight is 512 g/mol. The third-order valence-electron chi connectivity index (χ3n) is 5.93. The molecule has 0 bridgehead atoms. The second kappa shape index (κ2) is 6.85. The summed E-state index contributed by atoms with van der Waals surface area (Å²) in [6.45, 7) is 2.87. The maximum Gasteiger partial charge on any atom is 0.433 e. The molecule has 3 heterocycles. The van der Waals surface area contributed by atoms with Gasteiger partial charge in [0.25, 0.3) is 0 Å². The van der Waals surface area contributed by atoms with E-state index in [9.17, 15) is 23.1 Å². The number of carboxylic acid groups (broad SMARTS) is 1. The van der Waals surface area contributed by atoms with Crippen molar-refractivity contribution in [2.45, 2.75) is 36.1 Å². The molecule has 0 aromatic carbocycles. The van der Waals surface area contributed by atoms with Crippen LogP contribution in [-0.2, 0) is 17.4 Å². The van der Waals surface area contributed by atoms with Crippen molar-refractivity contribution in [2.75, 3.05) is 29.4 Å². The number of carbonyl (C=O) groups is 1. The van der Waals surface area contributed by atoms with Crippen molar-refractivity contribution >= 4 is 40.3 Å². The van der Waals surface area contributed by atoms with Crippen LogP contribution in [0.3, 0.4) is 0 Å². The second-order valence-corrected chi connectivity index (χ2v) is 8.89. The number of rotatable bonds is 5. The smallest absolute Gasteiger partial charge is 0.433 e. The number of piperidine rings is 1. The maximum absolute atomic E-state index is 13.7. The minimum Gasteiger partial charge on any atom is -0.481 e. The summed E-state index contributed by atoms with van der Waals surface area (Å²) in [5, 5.41) is 18.7. The number of hydrogen-bond donors (Lipinski definition) is 2. The lowest BCUT2D eigenvalue weighted by atomic mass is 10.1. The Labute approximate surface area is 173 Å². The van der Waals surface area contributed by atoms with Crippen LogP contribution in [0.1, 0.15) is 24.6 Å². The number of hydrogen-bond acceptors (Lipinski definition) is 6. The van der Waals surface area contributed by atoms with Crippen LogP contribution in [0.2, 0.25) is 0 Å². The maximum atomic E-state index is 13.7. The van der Waals surface area contributed by atoms with E-state index in [1.807, 2.05) is 27.5 Å². The predicted octanol–water partition coefficient (Wildman–Crippen LogP) is 2.16. The van der Waals surface area contributed by atoms with Gasteiger partial charge in [-0.1, -0.05) is 29.5 Å². The number of halogens is 4. The molecular formula is C17H20F3IN4O3. The zero-order valence-corrected chi connectivity index (χ0v) is 17.2. The molecular weight excluding hydrogens is 492 g/mol. The standard InChI is InChI=1S/C17H20F3IN4O3/c1-2-7-13(17(18,19)20)22-16(25-6-11(26)14(25)21)23-15(7)24-4-9-8(3-12(27)28)10(9)5-24/h8-11,14,26H,2-6H2,1H3,(H,27,28)/t8?,9-,10+,11-,14-/m1/s1. The number of fused-ring (bicyclic) bond motifs is 1. The number of aliphatic hydroxyl groups is 1. The van der Waals surface area contributed by atoms with Crippen molar-refractivity contribution in [2.24, 2.45) is 17.8 Å². The lowest BCUT2D eigenvalue weighted by molar-refractivity contribution is -0.142. The molecule has 1 unspecified atom stereocenters. The van der Waals surface area contributed by atoms with Crippen LogP contribution in [-0.4, -0.2) is 55.9 Å². The molecule has 1 aliphatic carbocycles. The van der Waals surface area contributed by atoms with Gasteiger partial charge in [-0.05, 0) is 24.2 Å². The first kappa shape index (κ1) is 19.9. The molecule has 2 saturated heterocycles. The molecule has 28 heavy (non-hydrogen) atoms. The third kappa shape index (κ3) is 3.29. The van der Waals surface area contributed by atoms with Crippen LogP contribution >= 0.6 is 22.6 Å². The Morgan fingerprint density at radius 1 is 1.25 bits per heavy atom. The van der Waals surface area contributed by atoms with Crippen molar-refractivity contribution < 1.29 is 28.2 Å². The zero-order valence-electron chi connectivity index (χ0n) is 15.0. The fraction of sp³-hybridized carbons (Fsp3) is 0.706. The summed E-state index contributed by atoms with van der Waals surface area (Å²) in [7, 11) is 0. The molecule has 2 aliphatic heterocycles. The summed E-state index contributed by atoms with van der Waals surface area (Å²) in [4.78, 5) is 22.6. The molecule has 0 amide bonds. The van der Waals surface area contributed by atoms with Gasteiger partial charge in [0.1, 0.15) is 16.0 Å². The summed E-state index contributed by atoms with van der Waals surface area (Å²) in [5.74, 6) is -0.0915. The van der Waals surface area contributed by atoms with Crippen LogP contribution in [0, 0.1) is 17.8 Å². The number of carboxylic acids is 1. The predicted molar refractivity (Wildman–Crippen MR) is 103 cm³/mol. The van der Waals surface area contributed by atoms with Gasteiger partial charge >= 0.3 is 12.1 Å². The van der Waals surface area contributed by atoms with E-state index in [4.69, 9.17) is 5.11 Å². The van der Waals surface area contributed by atoms with Crippen LogP contribution in [0.25, 0.3) is 0 Å². The van der Waals surface area contributed by atoms with Crippen molar-refractivity contribution in [3.8, 4) is 0 Å². The summed E-state index contributed by atoms with van der Waals surface area (Å²) in [6, 6.07) is 0. The summed E-state index contributed by atoms with van der Waals surface area (Å²) in [6.07, 6.45) is -4.97. The monoisotopic (exact) mass is 512 g/mol. The fourth-order valence-electron chi connectivity index (χ4n) is 4.39. The van der Waals surface area contributed by atoms with E-state index in [1.54, 1.807) is 11.8 Å². The quantitative estimate of drug-likeness (QED) is 0.355. The molecule has 4 rings (SSSR count). The molecule has 5 atom stereocenters. The largest absolute Gasteiger partial charge is 0.481 e. The molecule has 154 valence electrons. The Morgan fingerprint density at radius 3 is 2.36 bits per heavy atom. The highest BCUT2D eigenvalue weighted by Gasteiger charge is 2.57. The normalized spacial score (nSPS) is 31.6. The number of β-amino-alcohol motifs (C(OH)–C–C–N with tert-alkyl or cyclic N) is 1. The first-order valence-corrected chi connectivity index (χ1v) is 10.4. The first-order valence-electron chi connectivity index (χ1n) is 9.15. The number of aliphatic hydroxyl groups excluding tert-OH is 1. The molecule has 3 fully saturated rings. The van der Waals surface area contributed by atoms with Gasteiger partial charge in [0, 0.05) is 25.1 Å². The van der Waals surface area contributed by atoms with Gasteiger partial charge in [-0.3, -0.25) is 4.79 Å². The van der Waals surface area contributed by atoms with Crippen molar-refractivity contribution in [1.29, 1.82) is 0 Å². The molecule has 1 aromatic rings. The highest BCUT2D eigenvalue weighted by molar-refractivity contribution is 14.1. The van der Waals surface area contributed by atoms with Gasteiger partial charge in [0.15, 0.2) is 5.69 Å². The Hall–Kier alpha value is -1.37. The van der Waals surface area contributed by atoms with Crippen molar-refractivity contribution in [1.82, 2.24) is 9.97 Å². The first-order chi connectivity index (χ1) is 13.1. The van der Waals surface area contributed by atoms with Gasteiger partial charge in [-0.2, -0.15) is 18.2 Å². The molecule has 1 saturated carbocycles. The highest BCUT2D eigenvalue weighted by atomic mass is 127. The fourth-order valence-corrected chi connectivity index (χ4v) is 5.09. The minimum absolute atomic E-state index is 0.0214. The van der Waals surface area contributed by atoms with Crippen LogP contribution in [0.4, 0.5) is 24.9 Å². The zero-order chi connectivity index (χ0) is 20.4. The summed E-state index contributed by atoms with van der Waals surface area (Å²) < 4.78 is 40.7. The Kier molecular flexibility index (Phi) is 4.88. The topological polar surface area (TPSA) is 89.8 Å². The minimum atomic E-state index is -4.60. The van der Waals surface area contributed by atoms with Gasteiger partial charge in [0.2, 0.25) is 5.95 Å². The molecule has 1 aromatic heterocycles. The summed E-state index contributed by atoms with van der Waals surface area (Å²) in [5.41, 5.74) is -0.860. The number of alkyl halides is 4. The van der Waals surface area contributed by atoms with Gasteiger partial charge in [-0.25, -0.2) is 4.98 Å². The molecule has 3 aliphatic rings. The highest BCUT2D eigenvalue weighted by Crippen LogP contribution is 2.54.